The fourth-order valence-electron chi connectivity index (χ4n) is 6.24. The molecule has 6 aromatic rings. The first-order valence-electron chi connectivity index (χ1n) is 13.3. The van der Waals surface area contributed by atoms with E-state index in [0.29, 0.717) is 0 Å². The van der Waals surface area contributed by atoms with Crippen molar-refractivity contribution in [1.82, 2.24) is 0 Å². The summed E-state index contributed by atoms with van der Waals surface area (Å²) >= 11 is 0. The first-order chi connectivity index (χ1) is 18.6. The van der Waals surface area contributed by atoms with Gasteiger partial charge in [0.15, 0.2) is 0 Å². The summed E-state index contributed by atoms with van der Waals surface area (Å²) < 4.78 is 0. The van der Waals surface area contributed by atoms with Gasteiger partial charge in [-0.1, -0.05) is 117 Å². The van der Waals surface area contributed by atoms with Gasteiger partial charge in [0.2, 0.25) is 0 Å². The highest BCUT2D eigenvalue weighted by Crippen LogP contribution is 2.57. The van der Waals surface area contributed by atoms with Crippen molar-refractivity contribution in [2.24, 2.45) is 0 Å². The molecule has 0 unspecified atom stereocenters. The molecule has 38 heavy (non-hydrogen) atoms. The van der Waals surface area contributed by atoms with Crippen LogP contribution in [0.15, 0.2) is 140 Å². The molecule has 0 spiro atoms. The van der Waals surface area contributed by atoms with Gasteiger partial charge in [-0.2, -0.15) is 0 Å². The molecule has 0 saturated heterocycles. The Kier molecular flexibility index (Phi) is 5.19. The van der Waals surface area contributed by atoms with E-state index < -0.39 is 0 Å². The Bertz CT molecular complexity index is 1730. The van der Waals surface area contributed by atoms with E-state index in [0.717, 1.165) is 11.4 Å². The van der Waals surface area contributed by atoms with Crippen LogP contribution in [-0.2, 0) is 5.41 Å². The van der Waals surface area contributed by atoms with E-state index in [4.69, 9.17) is 0 Å². The van der Waals surface area contributed by atoms with Crippen LogP contribution in [-0.4, -0.2) is 0 Å². The Hall–Kier alpha value is -4.62. The minimum atomic E-state index is -0.149. The Balaban J connectivity index is 1.56. The molecule has 182 valence electrons. The highest BCUT2D eigenvalue weighted by molar-refractivity contribution is 6.06. The zero-order valence-electron chi connectivity index (χ0n) is 21.7. The van der Waals surface area contributed by atoms with E-state index in [1.165, 1.54) is 49.8 Å². The highest BCUT2D eigenvalue weighted by Gasteiger charge is 2.40. The van der Waals surface area contributed by atoms with Crippen LogP contribution in [0.3, 0.4) is 0 Å². The van der Waals surface area contributed by atoms with Gasteiger partial charge in [0, 0.05) is 22.4 Å². The summed E-state index contributed by atoms with van der Waals surface area (Å²) in [4.78, 5) is 2.42. The monoisotopic (exact) mass is 487 g/mol. The lowest BCUT2D eigenvalue weighted by Crippen LogP contribution is -2.17. The summed E-state index contributed by atoms with van der Waals surface area (Å²) in [5, 5.41) is 2.59. The minimum Gasteiger partial charge on any atom is -0.310 e. The molecule has 0 amide bonds. The van der Waals surface area contributed by atoms with Gasteiger partial charge >= 0.3 is 0 Å². The lowest BCUT2D eigenvalue weighted by molar-refractivity contribution is 0.666. The first kappa shape index (κ1) is 22.6. The highest BCUT2D eigenvalue weighted by atomic mass is 15.1. The average molecular weight is 488 g/mol. The summed E-state index contributed by atoms with van der Waals surface area (Å²) in [6, 6.07) is 50.5. The van der Waals surface area contributed by atoms with Crippen LogP contribution in [0.25, 0.3) is 33.0 Å². The first-order valence-corrected chi connectivity index (χ1v) is 13.3. The molecule has 1 aliphatic rings. The van der Waals surface area contributed by atoms with Crippen LogP contribution in [0.1, 0.15) is 25.0 Å². The van der Waals surface area contributed by atoms with Gasteiger partial charge in [-0.05, 0) is 75.0 Å². The topological polar surface area (TPSA) is 3.24 Å². The molecule has 0 N–H and O–H groups in total. The predicted molar refractivity (Wildman–Crippen MR) is 162 cm³/mol. The summed E-state index contributed by atoms with van der Waals surface area (Å²) in [6.07, 6.45) is 0. The van der Waals surface area contributed by atoms with Gasteiger partial charge in [0.05, 0.1) is 5.69 Å². The average Bonchev–Trinajstić information content (AvgIpc) is 3.21. The SMILES string of the molecule is CC1(C)c2cc(-c3ccccc3)ccc2-c2c(N(c3ccccc3)c3ccccc3)cc3ccccc3c21. The third kappa shape index (κ3) is 3.47. The van der Waals surface area contributed by atoms with E-state index in [2.05, 4.69) is 158 Å². The van der Waals surface area contributed by atoms with E-state index in [9.17, 15) is 0 Å². The fourth-order valence-corrected chi connectivity index (χ4v) is 6.24. The van der Waals surface area contributed by atoms with Crippen LogP contribution >= 0.6 is 0 Å². The van der Waals surface area contributed by atoms with Crippen LogP contribution in [0.4, 0.5) is 17.1 Å². The number of hydrogen-bond donors (Lipinski definition) is 0. The second-order valence-corrected chi connectivity index (χ2v) is 10.6. The lowest BCUT2D eigenvalue weighted by Gasteiger charge is -2.30. The molecular weight excluding hydrogens is 458 g/mol. The van der Waals surface area contributed by atoms with Crippen molar-refractivity contribution >= 4 is 27.8 Å². The number of para-hydroxylation sites is 2. The maximum Gasteiger partial charge on any atom is 0.0549 e. The smallest absolute Gasteiger partial charge is 0.0549 e. The summed E-state index contributed by atoms with van der Waals surface area (Å²) in [5.74, 6) is 0. The third-order valence-electron chi connectivity index (χ3n) is 7.99. The number of fused-ring (bicyclic) bond motifs is 5. The Morgan fingerprint density at radius 1 is 0.526 bits per heavy atom. The van der Waals surface area contributed by atoms with E-state index in [-0.39, 0.29) is 5.41 Å². The van der Waals surface area contributed by atoms with Crippen LogP contribution < -0.4 is 4.90 Å². The molecule has 0 bridgehead atoms. The number of benzene rings is 6. The number of hydrogen-bond acceptors (Lipinski definition) is 1. The van der Waals surface area contributed by atoms with E-state index in [1.54, 1.807) is 0 Å². The normalized spacial score (nSPS) is 13.2. The fraction of sp³-hybridized carbons (Fsp3) is 0.0811. The quantitative estimate of drug-likeness (QED) is 0.239. The third-order valence-corrected chi connectivity index (χ3v) is 7.99. The molecule has 0 aromatic heterocycles. The van der Waals surface area contributed by atoms with Gasteiger partial charge in [-0.3, -0.25) is 0 Å². The second-order valence-electron chi connectivity index (χ2n) is 10.6. The molecule has 0 fully saturated rings. The van der Waals surface area contributed by atoms with Crippen molar-refractivity contribution in [3.05, 3.63) is 151 Å². The maximum absolute atomic E-state index is 2.42. The lowest BCUT2D eigenvalue weighted by atomic mass is 9.79. The maximum atomic E-state index is 2.42. The zero-order chi connectivity index (χ0) is 25.7. The summed E-state index contributed by atoms with van der Waals surface area (Å²) in [7, 11) is 0. The molecule has 0 radical (unpaired) electrons. The number of anilines is 3. The molecule has 1 aliphatic carbocycles. The van der Waals surface area contributed by atoms with E-state index >= 15 is 0 Å². The number of rotatable bonds is 4. The van der Waals surface area contributed by atoms with Gasteiger partial charge in [-0.15, -0.1) is 0 Å². The van der Waals surface area contributed by atoms with Crippen LogP contribution in [0, 0.1) is 0 Å². The molecular formula is C37H29N. The molecule has 0 atom stereocenters. The van der Waals surface area contributed by atoms with Gasteiger partial charge < -0.3 is 4.90 Å². The van der Waals surface area contributed by atoms with Crippen molar-refractivity contribution < 1.29 is 0 Å². The second kappa shape index (κ2) is 8.75. The number of nitrogens with zero attached hydrogens (tertiary/aromatic N) is 1. The van der Waals surface area contributed by atoms with Crippen molar-refractivity contribution in [2.75, 3.05) is 4.90 Å². The molecule has 0 heterocycles. The zero-order valence-corrected chi connectivity index (χ0v) is 21.7. The molecule has 0 saturated carbocycles. The van der Waals surface area contributed by atoms with Gasteiger partial charge in [0.1, 0.15) is 0 Å². The van der Waals surface area contributed by atoms with Gasteiger partial charge in [-0.25, -0.2) is 0 Å². The van der Waals surface area contributed by atoms with Crippen molar-refractivity contribution in [3.63, 3.8) is 0 Å². The molecule has 6 aromatic carbocycles. The van der Waals surface area contributed by atoms with Crippen molar-refractivity contribution in [2.45, 2.75) is 19.3 Å². The van der Waals surface area contributed by atoms with Gasteiger partial charge in [0.25, 0.3) is 0 Å². The van der Waals surface area contributed by atoms with E-state index in [1.807, 2.05) is 0 Å². The molecule has 1 nitrogen and oxygen atoms in total. The predicted octanol–water partition coefficient (Wildman–Crippen LogP) is 10.3. The van der Waals surface area contributed by atoms with Crippen molar-refractivity contribution in [3.8, 4) is 22.3 Å². The van der Waals surface area contributed by atoms with Crippen LogP contribution in [0.2, 0.25) is 0 Å². The Morgan fingerprint density at radius 3 is 1.76 bits per heavy atom. The molecule has 1 heteroatoms. The summed E-state index contributed by atoms with van der Waals surface area (Å²) in [5.41, 5.74) is 11.3. The summed E-state index contributed by atoms with van der Waals surface area (Å²) in [6.45, 7) is 4.77. The molecule has 7 rings (SSSR count). The largest absolute Gasteiger partial charge is 0.310 e. The van der Waals surface area contributed by atoms with Crippen molar-refractivity contribution in [1.29, 1.82) is 0 Å². The van der Waals surface area contributed by atoms with Crippen LogP contribution in [0.5, 0.6) is 0 Å². The Labute approximate surface area is 224 Å². The Morgan fingerprint density at radius 2 is 1.11 bits per heavy atom. The molecule has 0 aliphatic heterocycles. The minimum absolute atomic E-state index is 0.149. The standard InChI is InChI=1S/C37H29N/c1-37(2)33-24-27(26-14-6-3-7-15-26)22-23-32(33)35-34(25-28-16-12-13-21-31(28)36(35)37)38(29-17-8-4-9-18-29)30-19-10-5-11-20-30/h3-25H,1-2H3.